The van der Waals surface area contributed by atoms with Gasteiger partial charge in [0.05, 0.1) is 11.0 Å². The van der Waals surface area contributed by atoms with Gasteiger partial charge in [0, 0.05) is 50.5 Å². The third kappa shape index (κ3) is 5.19. The van der Waals surface area contributed by atoms with Crippen molar-refractivity contribution in [2.75, 3.05) is 0 Å². The van der Waals surface area contributed by atoms with Crippen LogP contribution in [0.1, 0.15) is 25.0 Å². The molecule has 0 unspecified atom stereocenters. The van der Waals surface area contributed by atoms with Crippen LogP contribution in [0, 0.1) is 0 Å². The molecule has 0 radical (unpaired) electrons. The summed E-state index contributed by atoms with van der Waals surface area (Å²) in [5.74, 6) is 1.80. The Hall–Kier alpha value is -7.70. The van der Waals surface area contributed by atoms with E-state index in [1.54, 1.807) is 6.20 Å². The number of pyridine rings is 1. The number of para-hydroxylation sites is 2. The molecule has 11 aromatic rings. The van der Waals surface area contributed by atoms with Gasteiger partial charge >= 0.3 is 0 Å². The second-order valence-electron chi connectivity index (χ2n) is 15.9. The fourth-order valence-corrected chi connectivity index (χ4v) is 9.16. The fourth-order valence-electron chi connectivity index (χ4n) is 9.16. The highest BCUT2D eigenvalue weighted by atomic mass is 16.3. The molecule has 12 rings (SSSR count). The zero-order chi connectivity index (χ0) is 39.2. The fraction of sp³-hybridized carbons (Fsp3) is 0.0566. The highest BCUT2D eigenvalue weighted by molar-refractivity contribution is 6.11. The standard InChI is InChI=1S/C53H35N5O/c1-53(2)44-28-36(22-24-38(44)41-29-43-40-15-7-9-17-48(40)59-49(43)30-45(41)53)35-23-25-47-42(27-35)39-14-6-8-16-46(39)58(47)52-56-50(33-11-4-3-5-12-33)55-51(57-52)34-20-18-32(19-21-34)37-13-10-26-54-31-37/h3-31H,1-2H3. The summed E-state index contributed by atoms with van der Waals surface area (Å²) >= 11 is 0. The van der Waals surface area contributed by atoms with E-state index in [1.165, 1.54) is 27.8 Å². The van der Waals surface area contributed by atoms with Crippen molar-refractivity contribution in [1.82, 2.24) is 24.5 Å². The second-order valence-corrected chi connectivity index (χ2v) is 15.9. The number of fused-ring (bicyclic) bond motifs is 9. The monoisotopic (exact) mass is 757 g/mol. The number of furan rings is 1. The number of hydrogen-bond donors (Lipinski definition) is 0. The molecule has 0 amide bonds. The second kappa shape index (κ2) is 12.7. The Kier molecular flexibility index (Phi) is 7.17. The maximum Gasteiger partial charge on any atom is 0.238 e. The number of nitrogens with zero attached hydrogens (tertiary/aromatic N) is 5. The van der Waals surface area contributed by atoms with Crippen molar-refractivity contribution >= 4 is 43.7 Å². The van der Waals surface area contributed by atoms with Gasteiger partial charge in [-0.15, -0.1) is 0 Å². The van der Waals surface area contributed by atoms with Gasteiger partial charge in [-0.05, 0) is 93.0 Å². The lowest BCUT2D eigenvalue weighted by molar-refractivity contribution is 0.647. The molecular formula is C53H35N5O. The molecule has 1 aliphatic carbocycles. The van der Waals surface area contributed by atoms with Gasteiger partial charge in [0.15, 0.2) is 11.6 Å². The van der Waals surface area contributed by atoms with Gasteiger partial charge in [0.25, 0.3) is 0 Å². The molecule has 0 fully saturated rings. The Morgan fingerprint density at radius 3 is 1.90 bits per heavy atom. The quantitative estimate of drug-likeness (QED) is 0.175. The summed E-state index contributed by atoms with van der Waals surface area (Å²) in [4.78, 5) is 19.7. The van der Waals surface area contributed by atoms with E-state index in [0.717, 1.165) is 71.6 Å². The molecule has 0 atom stereocenters. The lowest BCUT2D eigenvalue weighted by atomic mass is 9.81. The van der Waals surface area contributed by atoms with E-state index >= 15 is 0 Å². The summed E-state index contributed by atoms with van der Waals surface area (Å²) in [6.45, 7) is 4.66. The minimum Gasteiger partial charge on any atom is -0.456 e. The van der Waals surface area contributed by atoms with Gasteiger partial charge in [-0.2, -0.15) is 9.97 Å². The highest BCUT2D eigenvalue weighted by Crippen LogP contribution is 2.52. The Bertz CT molecular complexity index is 3460. The van der Waals surface area contributed by atoms with Crippen LogP contribution in [0.2, 0.25) is 0 Å². The molecule has 4 heterocycles. The molecule has 0 saturated carbocycles. The molecule has 7 aromatic carbocycles. The molecule has 278 valence electrons. The van der Waals surface area contributed by atoms with Crippen LogP contribution in [0.25, 0.3) is 106 Å². The van der Waals surface area contributed by atoms with Gasteiger partial charge in [-0.3, -0.25) is 9.55 Å². The van der Waals surface area contributed by atoms with Crippen LogP contribution in [0.15, 0.2) is 181 Å². The van der Waals surface area contributed by atoms with E-state index in [1.807, 2.05) is 54.7 Å². The summed E-state index contributed by atoms with van der Waals surface area (Å²) in [5, 5.41) is 4.59. The van der Waals surface area contributed by atoms with Gasteiger partial charge in [0.1, 0.15) is 11.2 Å². The van der Waals surface area contributed by atoms with Crippen molar-refractivity contribution in [3.63, 3.8) is 0 Å². The smallest absolute Gasteiger partial charge is 0.238 e. The van der Waals surface area contributed by atoms with E-state index in [4.69, 9.17) is 19.4 Å². The Morgan fingerprint density at radius 2 is 1.08 bits per heavy atom. The van der Waals surface area contributed by atoms with Crippen LogP contribution in [0.3, 0.4) is 0 Å². The first-order valence-electron chi connectivity index (χ1n) is 19.9. The summed E-state index contributed by atoms with van der Waals surface area (Å²) < 4.78 is 8.51. The number of rotatable bonds is 5. The minimum atomic E-state index is -0.195. The molecule has 6 nitrogen and oxygen atoms in total. The predicted molar refractivity (Wildman–Crippen MR) is 239 cm³/mol. The first kappa shape index (κ1) is 33.4. The van der Waals surface area contributed by atoms with Crippen molar-refractivity contribution in [2.45, 2.75) is 19.3 Å². The first-order valence-corrected chi connectivity index (χ1v) is 19.9. The van der Waals surface area contributed by atoms with Gasteiger partial charge < -0.3 is 4.42 Å². The normalized spacial score (nSPS) is 13.1. The summed E-state index contributed by atoms with van der Waals surface area (Å²) in [6, 6.07) is 57.6. The maximum absolute atomic E-state index is 6.33. The molecule has 0 spiro atoms. The zero-order valence-electron chi connectivity index (χ0n) is 32.4. The third-order valence-electron chi connectivity index (χ3n) is 12.2. The van der Waals surface area contributed by atoms with E-state index < -0.39 is 0 Å². The van der Waals surface area contributed by atoms with E-state index in [2.05, 4.69) is 139 Å². The maximum atomic E-state index is 6.33. The molecular weight excluding hydrogens is 723 g/mol. The van der Waals surface area contributed by atoms with Crippen molar-refractivity contribution < 1.29 is 4.42 Å². The van der Waals surface area contributed by atoms with Crippen LogP contribution in [-0.2, 0) is 5.41 Å². The Balaban J connectivity index is 0.988. The Morgan fingerprint density at radius 1 is 0.441 bits per heavy atom. The summed E-state index contributed by atoms with van der Waals surface area (Å²) in [6.07, 6.45) is 3.67. The number of hydrogen-bond acceptors (Lipinski definition) is 5. The van der Waals surface area contributed by atoms with Gasteiger partial charge in [-0.25, -0.2) is 4.98 Å². The van der Waals surface area contributed by atoms with Crippen LogP contribution >= 0.6 is 0 Å². The lowest BCUT2D eigenvalue weighted by Crippen LogP contribution is -2.15. The van der Waals surface area contributed by atoms with E-state index in [9.17, 15) is 0 Å². The molecule has 0 saturated heterocycles. The van der Waals surface area contributed by atoms with Crippen molar-refractivity contribution in [3.05, 3.63) is 187 Å². The first-order chi connectivity index (χ1) is 29.0. The van der Waals surface area contributed by atoms with Crippen LogP contribution in [-0.4, -0.2) is 24.5 Å². The average Bonchev–Trinajstić information content (AvgIpc) is 3.90. The van der Waals surface area contributed by atoms with Gasteiger partial charge in [0.2, 0.25) is 5.95 Å². The average molecular weight is 758 g/mol. The summed E-state index contributed by atoms with van der Waals surface area (Å²) in [7, 11) is 0. The predicted octanol–water partition coefficient (Wildman–Crippen LogP) is 13.2. The zero-order valence-corrected chi connectivity index (χ0v) is 32.4. The van der Waals surface area contributed by atoms with Crippen molar-refractivity contribution in [2.24, 2.45) is 0 Å². The van der Waals surface area contributed by atoms with Gasteiger partial charge in [-0.1, -0.05) is 129 Å². The SMILES string of the molecule is CC1(C)c2cc(-c3ccc4c(c3)c3ccccc3n4-c3nc(-c4ccccc4)nc(-c4ccc(-c5cccnc5)cc4)n3)ccc2-c2cc3c(cc21)oc1ccccc13. The van der Waals surface area contributed by atoms with E-state index in [0.29, 0.717) is 17.6 Å². The molecule has 1 aliphatic rings. The minimum absolute atomic E-state index is 0.195. The molecule has 0 bridgehead atoms. The largest absolute Gasteiger partial charge is 0.456 e. The van der Waals surface area contributed by atoms with Crippen LogP contribution in [0.5, 0.6) is 0 Å². The summed E-state index contributed by atoms with van der Waals surface area (Å²) in [5.41, 5.74) is 15.2. The van der Waals surface area contributed by atoms with Crippen molar-refractivity contribution in [1.29, 1.82) is 0 Å². The molecule has 6 heteroatoms. The molecule has 0 aliphatic heterocycles. The molecule has 0 N–H and O–H groups in total. The van der Waals surface area contributed by atoms with E-state index in [-0.39, 0.29) is 5.41 Å². The van der Waals surface area contributed by atoms with Crippen LogP contribution in [0.4, 0.5) is 0 Å². The topological polar surface area (TPSA) is 69.6 Å². The number of benzene rings is 7. The Labute approximate surface area is 340 Å². The molecule has 59 heavy (non-hydrogen) atoms. The molecule has 4 aromatic heterocycles. The lowest BCUT2D eigenvalue weighted by Gasteiger charge is -2.22. The number of aromatic nitrogens is 5. The van der Waals surface area contributed by atoms with Crippen LogP contribution < -0.4 is 0 Å². The van der Waals surface area contributed by atoms with Crippen molar-refractivity contribution in [3.8, 4) is 62.1 Å². The highest BCUT2D eigenvalue weighted by Gasteiger charge is 2.36. The third-order valence-corrected chi connectivity index (χ3v) is 12.2.